The normalized spacial score (nSPS) is 11.5. The molecule has 4 aromatic rings. The van der Waals surface area contributed by atoms with Crippen LogP contribution in [0.3, 0.4) is 0 Å². The number of fused-ring (bicyclic) bond motifs is 1. The fourth-order valence-corrected chi connectivity index (χ4v) is 3.49. The summed E-state index contributed by atoms with van der Waals surface area (Å²) in [6.45, 7) is 3.63. The molecule has 0 aromatic carbocycles. The highest BCUT2D eigenvalue weighted by molar-refractivity contribution is 6.04. The Labute approximate surface area is 187 Å². The van der Waals surface area contributed by atoms with Crippen molar-refractivity contribution in [2.24, 2.45) is 0 Å². The van der Waals surface area contributed by atoms with E-state index in [0.29, 0.717) is 28.8 Å². The van der Waals surface area contributed by atoms with E-state index < -0.39 is 17.6 Å². The predicted molar refractivity (Wildman–Crippen MR) is 119 cm³/mol. The number of hydrogen-bond acceptors (Lipinski definition) is 6. The highest BCUT2D eigenvalue weighted by Crippen LogP contribution is 2.33. The molecule has 168 valence electrons. The molecule has 0 spiro atoms. The SMILES string of the molecule is CNc1cc2ncc(-c3c(C)ncc(NC(=O)c4cc(C(F)(F)F)ccn4)c3C)cc2cn1. The lowest BCUT2D eigenvalue weighted by atomic mass is 9.98. The van der Waals surface area contributed by atoms with Crippen molar-refractivity contribution in [1.29, 1.82) is 0 Å². The van der Waals surface area contributed by atoms with Crippen molar-refractivity contribution in [3.8, 4) is 11.1 Å². The maximum atomic E-state index is 13.0. The second-order valence-corrected chi connectivity index (χ2v) is 7.38. The van der Waals surface area contributed by atoms with E-state index in [0.717, 1.165) is 34.3 Å². The van der Waals surface area contributed by atoms with Gasteiger partial charge in [-0.3, -0.25) is 19.7 Å². The molecular weight excluding hydrogens is 433 g/mol. The Bertz CT molecular complexity index is 1370. The van der Waals surface area contributed by atoms with Gasteiger partial charge in [-0.15, -0.1) is 0 Å². The molecule has 0 bridgehead atoms. The van der Waals surface area contributed by atoms with Gasteiger partial charge in [-0.25, -0.2) is 4.98 Å². The average molecular weight is 452 g/mol. The lowest BCUT2D eigenvalue weighted by molar-refractivity contribution is -0.137. The van der Waals surface area contributed by atoms with Crippen LogP contribution in [0.5, 0.6) is 0 Å². The molecule has 4 heterocycles. The third-order valence-electron chi connectivity index (χ3n) is 5.21. The van der Waals surface area contributed by atoms with E-state index in [4.69, 9.17) is 0 Å². The number of halogens is 3. The quantitative estimate of drug-likeness (QED) is 0.452. The lowest BCUT2D eigenvalue weighted by Crippen LogP contribution is -2.17. The Hall–Kier alpha value is -4.08. The lowest BCUT2D eigenvalue weighted by Gasteiger charge is -2.15. The van der Waals surface area contributed by atoms with Crippen LogP contribution >= 0.6 is 0 Å². The van der Waals surface area contributed by atoms with E-state index in [9.17, 15) is 18.0 Å². The Morgan fingerprint density at radius 2 is 1.76 bits per heavy atom. The van der Waals surface area contributed by atoms with Crippen molar-refractivity contribution in [2.45, 2.75) is 20.0 Å². The van der Waals surface area contributed by atoms with Gasteiger partial charge in [-0.05, 0) is 37.6 Å². The first-order valence-electron chi connectivity index (χ1n) is 9.92. The molecule has 0 unspecified atom stereocenters. The number of nitrogens with one attached hydrogen (secondary N) is 2. The van der Waals surface area contributed by atoms with Gasteiger partial charge in [0.15, 0.2) is 0 Å². The van der Waals surface area contributed by atoms with Gasteiger partial charge in [0.2, 0.25) is 0 Å². The number of carbonyl (C=O) groups excluding carboxylic acids is 1. The summed E-state index contributed by atoms with van der Waals surface area (Å²) in [5, 5.41) is 6.41. The number of aromatic nitrogens is 4. The standard InChI is InChI=1S/C23H19F3N6O/c1-12-19(32-22(33)18-7-16(4-5-28-18)23(24,25)26)11-29-13(2)21(12)15-6-14-9-31-20(27-3)8-17(14)30-10-15/h4-11H,1-3H3,(H,27,31)(H,32,33). The second kappa shape index (κ2) is 8.45. The summed E-state index contributed by atoms with van der Waals surface area (Å²) in [5.74, 6) is -0.0640. The summed E-state index contributed by atoms with van der Waals surface area (Å²) < 4.78 is 38.9. The molecule has 0 aliphatic heterocycles. The third-order valence-corrected chi connectivity index (χ3v) is 5.21. The van der Waals surface area contributed by atoms with Crippen molar-refractivity contribution in [3.63, 3.8) is 0 Å². The number of nitrogens with zero attached hydrogens (tertiary/aromatic N) is 4. The molecule has 0 fully saturated rings. The van der Waals surface area contributed by atoms with Crippen LogP contribution in [0.15, 0.2) is 49.1 Å². The van der Waals surface area contributed by atoms with Crippen molar-refractivity contribution < 1.29 is 18.0 Å². The molecule has 0 aliphatic carbocycles. The molecule has 0 saturated carbocycles. The molecule has 33 heavy (non-hydrogen) atoms. The fraction of sp³-hybridized carbons (Fsp3) is 0.174. The van der Waals surface area contributed by atoms with Crippen LogP contribution in [0.4, 0.5) is 24.7 Å². The number of carbonyl (C=O) groups is 1. The van der Waals surface area contributed by atoms with Gasteiger partial charge in [-0.2, -0.15) is 13.2 Å². The minimum atomic E-state index is -4.57. The predicted octanol–water partition coefficient (Wildman–Crippen LogP) is 5.02. The Morgan fingerprint density at radius 1 is 0.970 bits per heavy atom. The second-order valence-electron chi connectivity index (χ2n) is 7.38. The molecule has 4 rings (SSSR count). The van der Waals surface area contributed by atoms with Gasteiger partial charge in [0.25, 0.3) is 5.91 Å². The summed E-state index contributed by atoms with van der Waals surface area (Å²) in [5.41, 5.74) is 2.79. The van der Waals surface area contributed by atoms with Crippen LogP contribution in [0.25, 0.3) is 22.0 Å². The number of hydrogen-bond donors (Lipinski definition) is 2. The molecule has 4 aromatic heterocycles. The van der Waals surface area contributed by atoms with Crippen molar-refractivity contribution in [3.05, 3.63) is 71.6 Å². The van der Waals surface area contributed by atoms with Crippen molar-refractivity contribution in [1.82, 2.24) is 19.9 Å². The van der Waals surface area contributed by atoms with Crippen LogP contribution < -0.4 is 10.6 Å². The Kier molecular flexibility index (Phi) is 5.67. The molecular formula is C23H19F3N6O. The van der Waals surface area contributed by atoms with E-state index in [2.05, 4.69) is 30.6 Å². The van der Waals surface area contributed by atoms with Crippen LogP contribution in [0, 0.1) is 13.8 Å². The molecule has 10 heteroatoms. The van der Waals surface area contributed by atoms with E-state index in [-0.39, 0.29) is 5.69 Å². The Morgan fingerprint density at radius 3 is 2.48 bits per heavy atom. The summed E-state index contributed by atoms with van der Waals surface area (Å²) >= 11 is 0. The van der Waals surface area contributed by atoms with Gasteiger partial charge >= 0.3 is 6.18 Å². The molecule has 2 N–H and O–H groups in total. The van der Waals surface area contributed by atoms with Gasteiger partial charge in [0.1, 0.15) is 11.5 Å². The molecule has 0 atom stereocenters. The van der Waals surface area contributed by atoms with Crippen molar-refractivity contribution in [2.75, 3.05) is 17.7 Å². The molecule has 1 amide bonds. The van der Waals surface area contributed by atoms with Crippen LogP contribution in [-0.2, 0) is 6.18 Å². The third kappa shape index (κ3) is 4.45. The summed E-state index contributed by atoms with van der Waals surface area (Å²) in [4.78, 5) is 29.6. The zero-order chi connectivity index (χ0) is 23.8. The number of pyridine rings is 4. The van der Waals surface area contributed by atoms with Crippen LogP contribution in [0.1, 0.15) is 27.3 Å². The summed E-state index contributed by atoms with van der Waals surface area (Å²) in [7, 11) is 1.77. The summed E-state index contributed by atoms with van der Waals surface area (Å²) in [6.07, 6.45) is 1.27. The number of aryl methyl sites for hydroxylation is 1. The van der Waals surface area contributed by atoms with E-state index in [1.165, 1.54) is 6.20 Å². The first-order valence-corrected chi connectivity index (χ1v) is 9.92. The topological polar surface area (TPSA) is 92.7 Å². The smallest absolute Gasteiger partial charge is 0.373 e. The number of amides is 1. The monoisotopic (exact) mass is 452 g/mol. The minimum Gasteiger partial charge on any atom is -0.373 e. The van der Waals surface area contributed by atoms with Gasteiger partial charge in [0, 0.05) is 53.9 Å². The number of alkyl halides is 3. The van der Waals surface area contributed by atoms with E-state index >= 15 is 0 Å². The molecule has 0 aliphatic rings. The maximum Gasteiger partial charge on any atom is 0.416 e. The summed E-state index contributed by atoms with van der Waals surface area (Å²) in [6, 6.07) is 5.28. The Balaban J connectivity index is 1.69. The van der Waals surface area contributed by atoms with Crippen LogP contribution in [0.2, 0.25) is 0 Å². The number of rotatable bonds is 4. The van der Waals surface area contributed by atoms with Gasteiger partial charge in [-0.1, -0.05) is 0 Å². The molecule has 0 saturated heterocycles. The zero-order valence-electron chi connectivity index (χ0n) is 17.9. The molecule has 0 radical (unpaired) electrons. The fourth-order valence-electron chi connectivity index (χ4n) is 3.49. The van der Waals surface area contributed by atoms with E-state index in [1.807, 2.05) is 19.1 Å². The van der Waals surface area contributed by atoms with Crippen molar-refractivity contribution >= 4 is 28.3 Å². The highest BCUT2D eigenvalue weighted by Gasteiger charge is 2.31. The van der Waals surface area contributed by atoms with Crippen LogP contribution in [-0.4, -0.2) is 32.9 Å². The molecule has 7 nitrogen and oxygen atoms in total. The first-order chi connectivity index (χ1) is 15.7. The first kappa shape index (κ1) is 22.1. The average Bonchev–Trinajstić information content (AvgIpc) is 2.80. The minimum absolute atomic E-state index is 0.342. The highest BCUT2D eigenvalue weighted by atomic mass is 19.4. The van der Waals surface area contributed by atoms with E-state index in [1.54, 1.807) is 26.4 Å². The zero-order valence-corrected chi connectivity index (χ0v) is 17.9. The number of anilines is 2. The maximum absolute atomic E-state index is 13.0. The van der Waals surface area contributed by atoms with Gasteiger partial charge in [0.05, 0.1) is 23.0 Å². The largest absolute Gasteiger partial charge is 0.416 e. The van der Waals surface area contributed by atoms with Gasteiger partial charge < -0.3 is 10.6 Å².